The van der Waals surface area contributed by atoms with Crippen LogP contribution in [-0.4, -0.2) is 28.4 Å². The highest BCUT2D eigenvalue weighted by Gasteiger charge is 2.24. The Balaban J connectivity index is 2.96. The van der Waals surface area contributed by atoms with Gasteiger partial charge in [-0.25, -0.2) is 15.0 Å². The van der Waals surface area contributed by atoms with E-state index in [4.69, 9.17) is 5.84 Å². The summed E-state index contributed by atoms with van der Waals surface area (Å²) in [6.07, 6.45) is 2.85. The molecule has 0 bridgehead atoms. The molecule has 0 aromatic rings. The number of rotatable bonds is 4. The minimum Gasteiger partial charge on any atom is -0.253 e. The number of nitrogens with one attached hydrogen (secondary N) is 1. The number of amidine groups is 2. The number of hydrazine groups is 2. The Morgan fingerprint density at radius 3 is 2.67 bits per heavy atom. The van der Waals surface area contributed by atoms with E-state index in [1.54, 1.807) is 16.8 Å². The van der Waals surface area contributed by atoms with Crippen LogP contribution in [0.2, 0.25) is 0 Å². The molecule has 0 radical (unpaired) electrons. The zero-order chi connectivity index (χ0) is 11.4. The van der Waals surface area contributed by atoms with Gasteiger partial charge in [0.2, 0.25) is 0 Å². The highest BCUT2D eigenvalue weighted by atomic mass is 32.2. The van der Waals surface area contributed by atoms with E-state index in [0.29, 0.717) is 5.92 Å². The first-order valence-corrected chi connectivity index (χ1v) is 6.36. The molecule has 1 heterocycles. The van der Waals surface area contributed by atoms with Crippen molar-refractivity contribution in [3.05, 3.63) is 0 Å². The quantitative estimate of drug-likeness (QED) is 0.561. The summed E-state index contributed by atoms with van der Waals surface area (Å²) in [5.41, 5.74) is 2.63. The van der Waals surface area contributed by atoms with Crippen molar-refractivity contribution >= 4 is 23.4 Å². The van der Waals surface area contributed by atoms with Crippen molar-refractivity contribution < 1.29 is 0 Å². The summed E-state index contributed by atoms with van der Waals surface area (Å²) >= 11 is 1.63. The van der Waals surface area contributed by atoms with Crippen LogP contribution in [-0.2, 0) is 0 Å². The van der Waals surface area contributed by atoms with E-state index in [9.17, 15) is 0 Å². The Labute approximate surface area is 95.2 Å². The fourth-order valence-electron chi connectivity index (χ4n) is 1.34. The number of aliphatic imine (C=N–C) groups is 2. The van der Waals surface area contributed by atoms with Crippen LogP contribution in [0.1, 0.15) is 27.2 Å². The summed E-state index contributed by atoms with van der Waals surface area (Å²) in [4.78, 5) is 9.01. The lowest BCUT2D eigenvalue weighted by Gasteiger charge is -2.32. The van der Waals surface area contributed by atoms with Gasteiger partial charge in [0.15, 0.2) is 5.50 Å². The van der Waals surface area contributed by atoms with Gasteiger partial charge in [-0.05, 0) is 6.26 Å². The van der Waals surface area contributed by atoms with Gasteiger partial charge < -0.3 is 0 Å². The molecular formula is C9H19N5S. The molecule has 1 rings (SSSR count). The number of nitrogens with two attached hydrogens (primary N) is 1. The van der Waals surface area contributed by atoms with Gasteiger partial charge >= 0.3 is 0 Å². The zero-order valence-corrected chi connectivity index (χ0v) is 10.5. The molecule has 1 unspecified atom stereocenters. The van der Waals surface area contributed by atoms with Gasteiger partial charge in [0.1, 0.15) is 11.7 Å². The second-order valence-electron chi connectivity index (χ2n) is 3.58. The maximum absolute atomic E-state index is 5.47. The molecule has 1 atom stereocenters. The molecule has 0 aromatic carbocycles. The lowest BCUT2D eigenvalue weighted by atomic mass is 10.2. The molecule has 1 aliphatic rings. The molecule has 6 heteroatoms. The van der Waals surface area contributed by atoms with Crippen LogP contribution < -0.4 is 11.4 Å². The SMILES string of the molecule is CCC1=NC(C(C)C)=NC(SC)N1NN. The average molecular weight is 229 g/mol. The highest BCUT2D eigenvalue weighted by molar-refractivity contribution is 7.99. The summed E-state index contributed by atoms with van der Waals surface area (Å²) in [6, 6.07) is 0. The smallest absolute Gasteiger partial charge is 0.186 e. The van der Waals surface area contributed by atoms with Gasteiger partial charge in [0.25, 0.3) is 0 Å². The third kappa shape index (κ3) is 2.70. The summed E-state index contributed by atoms with van der Waals surface area (Å²) in [5, 5.41) is 1.80. The molecule has 0 aliphatic carbocycles. The zero-order valence-electron chi connectivity index (χ0n) is 9.69. The fourth-order valence-corrected chi connectivity index (χ4v) is 1.94. The monoisotopic (exact) mass is 229 g/mol. The van der Waals surface area contributed by atoms with Crippen molar-refractivity contribution in [3.63, 3.8) is 0 Å². The van der Waals surface area contributed by atoms with Gasteiger partial charge in [0, 0.05) is 12.3 Å². The topological polar surface area (TPSA) is 66.0 Å². The minimum atomic E-state index is -0.0140. The molecule has 15 heavy (non-hydrogen) atoms. The van der Waals surface area contributed by atoms with Crippen molar-refractivity contribution in [1.29, 1.82) is 0 Å². The van der Waals surface area contributed by atoms with Crippen molar-refractivity contribution in [2.75, 3.05) is 6.26 Å². The predicted octanol–water partition coefficient (Wildman–Crippen LogP) is 1.19. The number of nitrogens with zero attached hydrogens (tertiary/aromatic N) is 3. The van der Waals surface area contributed by atoms with Crippen LogP contribution in [0, 0.1) is 5.92 Å². The standard InChI is InChI=1S/C9H19N5S/c1-5-7-11-8(6(2)3)12-9(15-4)14(7)13-10/h6,9,13H,5,10H2,1-4H3. The van der Waals surface area contributed by atoms with E-state index in [1.807, 2.05) is 6.26 Å². The summed E-state index contributed by atoms with van der Waals surface area (Å²) < 4.78 is 0. The van der Waals surface area contributed by atoms with Crippen LogP contribution in [0.3, 0.4) is 0 Å². The average Bonchev–Trinajstić information content (AvgIpc) is 2.26. The van der Waals surface area contributed by atoms with E-state index >= 15 is 0 Å². The van der Waals surface area contributed by atoms with Crippen molar-refractivity contribution in [1.82, 2.24) is 10.5 Å². The van der Waals surface area contributed by atoms with Gasteiger partial charge in [-0.1, -0.05) is 20.8 Å². The molecule has 0 spiro atoms. The van der Waals surface area contributed by atoms with Crippen LogP contribution in [0.5, 0.6) is 0 Å². The lowest BCUT2D eigenvalue weighted by molar-refractivity contribution is 0.290. The van der Waals surface area contributed by atoms with Gasteiger partial charge in [0.05, 0.1) is 0 Å². The first kappa shape index (κ1) is 12.5. The maximum Gasteiger partial charge on any atom is 0.186 e. The van der Waals surface area contributed by atoms with E-state index in [-0.39, 0.29) is 5.50 Å². The van der Waals surface area contributed by atoms with E-state index < -0.39 is 0 Å². The van der Waals surface area contributed by atoms with Crippen LogP contribution in [0.25, 0.3) is 0 Å². The molecule has 3 N–H and O–H groups in total. The second kappa shape index (κ2) is 5.48. The molecule has 0 saturated carbocycles. The van der Waals surface area contributed by atoms with Crippen LogP contribution in [0.15, 0.2) is 9.98 Å². The number of hydrogen-bond acceptors (Lipinski definition) is 6. The Kier molecular flexibility index (Phi) is 4.56. The molecule has 0 fully saturated rings. The lowest BCUT2D eigenvalue weighted by Crippen LogP contribution is -2.53. The summed E-state index contributed by atoms with van der Waals surface area (Å²) in [6.45, 7) is 6.25. The Bertz CT molecular complexity index is 274. The van der Waals surface area contributed by atoms with E-state index in [2.05, 4.69) is 36.3 Å². The molecule has 86 valence electrons. The van der Waals surface area contributed by atoms with E-state index in [0.717, 1.165) is 18.1 Å². The minimum absolute atomic E-state index is 0.0140. The molecule has 0 saturated heterocycles. The van der Waals surface area contributed by atoms with E-state index in [1.165, 1.54) is 0 Å². The largest absolute Gasteiger partial charge is 0.253 e. The predicted molar refractivity (Wildman–Crippen MR) is 66.5 cm³/mol. The summed E-state index contributed by atoms with van der Waals surface area (Å²) in [5.74, 6) is 7.66. The van der Waals surface area contributed by atoms with Gasteiger partial charge in [-0.15, -0.1) is 11.8 Å². The Hall–Kier alpha value is -0.590. The molecule has 1 aliphatic heterocycles. The van der Waals surface area contributed by atoms with Gasteiger partial charge in [-0.2, -0.15) is 5.53 Å². The third-order valence-corrected chi connectivity index (χ3v) is 2.91. The normalized spacial score (nSPS) is 21.7. The first-order chi connectivity index (χ1) is 7.13. The van der Waals surface area contributed by atoms with Gasteiger partial charge in [-0.3, -0.25) is 5.84 Å². The van der Waals surface area contributed by atoms with Crippen LogP contribution in [0.4, 0.5) is 0 Å². The Morgan fingerprint density at radius 2 is 2.27 bits per heavy atom. The van der Waals surface area contributed by atoms with Crippen molar-refractivity contribution in [2.45, 2.75) is 32.7 Å². The van der Waals surface area contributed by atoms with Crippen molar-refractivity contribution in [3.8, 4) is 0 Å². The molecular weight excluding hydrogens is 210 g/mol. The molecule has 0 amide bonds. The third-order valence-electron chi connectivity index (χ3n) is 2.17. The number of thioether (sulfide) groups is 1. The second-order valence-corrected chi connectivity index (χ2v) is 4.48. The van der Waals surface area contributed by atoms with Crippen LogP contribution >= 0.6 is 11.8 Å². The van der Waals surface area contributed by atoms with Crippen molar-refractivity contribution in [2.24, 2.45) is 21.7 Å². The summed E-state index contributed by atoms with van der Waals surface area (Å²) in [7, 11) is 0. The first-order valence-electron chi connectivity index (χ1n) is 5.07. The molecule has 5 nitrogen and oxygen atoms in total. The Morgan fingerprint density at radius 1 is 1.60 bits per heavy atom. The fraction of sp³-hybridized carbons (Fsp3) is 0.778. The highest BCUT2D eigenvalue weighted by Crippen LogP contribution is 2.20. The molecule has 0 aromatic heterocycles. The maximum atomic E-state index is 5.47. The number of hydrogen-bond donors (Lipinski definition) is 2.